The predicted molar refractivity (Wildman–Crippen MR) is 112 cm³/mol. The molecular weight excluding hydrogens is 369 g/mol. The van der Waals surface area contributed by atoms with Gasteiger partial charge >= 0.3 is 0 Å². The van der Waals surface area contributed by atoms with Crippen LogP contribution in [0.15, 0.2) is 78.9 Å². The van der Waals surface area contributed by atoms with Gasteiger partial charge in [0.15, 0.2) is 5.65 Å². The largest absolute Gasteiger partial charge is 0.279 e. The van der Waals surface area contributed by atoms with Gasteiger partial charge in [-0.3, -0.25) is 4.57 Å². The van der Waals surface area contributed by atoms with Gasteiger partial charge < -0.3 is 0 Å². The van der Waals surface area contributed by atoms with Gasteiger partial charge in [-0.15, -0.1) is 0 Å². The zero-order valence-electron chi connectivity index (χ0n) is 17.6. The summed E-state index contributed by atoms with van der Waals surface area (Å²) >= 11 is 1.01. The van der Waals surface area contributed by atoms with Gasteiger partial charge in [-0.1, -0.05) is 78.1 Å². The molecule has 0 atom stereocenters. The first-order chi connectivity index (χ1) is 14.9. The molecule has 28 heavy (non-hydrogen) atoms. The summed E-state index contributed by atoms with van der Waals surface area (Å²) < 4.78 is 39.9. The van der Waals surface area contributed by atoms with E-state index in [4.69, 9.17) is 4.11 Å². The summed E-state index contributed by atoms with van der Waals surface area (Å²) in [6.45, 7) is -2.35. The highest BCUT2D eigenvalue weighted by Crippen LogP contribution is 2.34. The molecule has 0 saturated heterocycles. The topological polar surface area (TPSA) is 30.7 Å². The van der Waals surface area contributed by atoms with Crippen LogP contribution in [0.5, 0.6) is 0 Å². The van der Waals surface area contributed by atoms with Gasteiger partial charge in [0.25, 0.3) is 0 Å². The second kappa shape index (κ2) is 6.69. The number of fused-ring (bicyclic) bond motifs is 1. The molecule has 5 rings (SSSR count). The van der Waals surface area contributed by atoms with Crippen LogP contribution in [-0.2, 0) is 0 Å². The highest BCUT2D eigenvalue weighted by Gasteiger charge is 2.20. The Labute approximate surface area is 170 Å². The first-order valence-corrected chi connectivity index (χ1v) is 9.54. The summed E-state index contributed by atoms with van der Waals surface area (Å²) in [5.41, 5.74) is 3.17. The van der Waals surface area contributed by atoms with E-state index in [-0.39, 0.29) is 5.01 Å². The maximum Gasteiger partial charge on any atom is 0.190 e. The van der Waals surface area contributed by atoms with Gasteiger partial charge in [0.1, 0.15) is 16.5 Å². The third kappa shape index (κ3) is 2.80. The van der Waals surface area contributed by atoms with Crippen LogP contribution in [0.1, 0.15) is 9.12 Å². The molecule has 0 bridgehead atoms. The van der Waals surface area contributed by atoms with Crippen molar-refractivity contribution in [3.05, 3.63) is 89.7 Å². The van der Waals surface area contributed by atoms with Gasteiger partial charge in [-0.05, 0) is 30.1 Å². The zero-order valence-corrected chi connectivity index (χ0v) is 15.4. The van der Waals surface area contributed by atoms with Crippen molar-refractivity contribution in [3.8, 4) is 28.2 Å². The molecule has 0 N–H and O–H groups in total. The average molecular weight is 388 g/mol. The first kappa shape index (κ1) is 13.8. The molecule has 0 aliphatic rings. The Morgan fingerprint density at radius 1 is 0.857 bits per heavy atom. The Morgan fingerprint density at radius 2 is 1.57 bits per heavy atom. The molecule has 0 saturated carbocycles. The molecular formula is C23H16FN3S. The standard InChI is InChI=1S/C23H16FN3S/c1-15-25-21-23(28-15)27(22(26-21)17-10-6-3-7-11-17)20-14-18(12-13-19(20)24)16-8-4-2-5-9-16/h2-14H,1H3/i1D3. The third-order valence-corrected chi connectivity index (χ3v) is 5.39. The maximum absolute atomic E-state index is 15.1. The summed E-state index contributed by atoms with van der Waals surface area (Å²) in [6.07, 6.45) is 0. The number of imidazole rings is 1. The number of benzene rings is 3. The van der Waals surface area contributed by atoms with Crippen LogP contribution in [0.3, 0.4) is 0 Å². The van der Waals surface area contributed by atoms with Gasteiger partial charge in [-0.2, -0.15) is 0 Å². The first-order valence-electron chi connectivity index (χ1n) is 10.2. The summed E-state index contributed by atoms with van der Waals surface area (Å²) in [5.74, 6) is 0.0792. The van der Waals surface area contributed by atoms with Crippen molar-refractivity contribution < 1.29 is 8.50 Å². The van der Waals surface area contributed by atoms with Crippen LogP contribution in [0.4, 0.5) is 4.39 Å². The molecule has 3 nitrogen and oxygen atoms in total. The molecule has 3 aromatic carbocycles. The van der Waals surface area contributed by atoms with Crippen molar-refractivity contribution in [2.75, 3.05) is 0 Å². The number of aromatic nitrogens is 3. The molecule has 0 radical (unpaired) electrons. The number of nitrogens with zero attached hydrogens (tertiary/aromatic N) is 3. The Hall–Kier alpha value is -3.31. The third-order valence-electron chi connectivity index (χ3n) is 4.54. The SMILES string of the molecule is [2H]C([2H])([2H])c1nc2nc(-c3ccccc3)n(-c3cc(-c4ccccc4)ccc3F)c2s1. The van der Waals surface area contributed by atoms with Crippen molar-refractivity contribution in [2.45, 2.75) is 6.85 Å². The van der Waals surface area contributed by atoms with E-state index in [0.29, 0.717) is 22.0 Å². The molecule has 0 aliphatic carbocycles. The van der Waals surface area contributed by atoms with Crippen LogP contribution in [0.25, 0.3) is 38.7 Å². The van der Waals surface area contributed by atoms with Crippen LogP contribution < -0.4 is 0 Å². The molecule has 0 spiro atoms. The van der Waals surface area contributed by atoms with Crippen molar-refractivity contribution in [1.29, 1.82) is 0 Å². The van der Waals surface area contributed by atoms with Gasteiger partial charge in [-0.25, -0.2) is 14.4 Å². The fourth-order valence-electron chi connectivity index (χ4n) is 3.27. The Bertz CT molecular complexity index is 1380. The number of hydrogen-bond donors (Lipinski definition) is 0. The quantitative estimate of drug-likeness (QED) is 0.365. The lowest BCUT2D eigenvalue weighted by Crippen LogP contribution is -2.00. The van der Waals surface area contributed by atoms with Crippen molar-refractivity contribution in [3.63, 3.8) is 0 Å². The van der Waals surface area contributed by atoms with Gasteiger partial charge in [0.2, 0.25) is 0 Å². The average Bonchev–Trinajstić information content (AvgIpc) is 3.34. The molecule has 0 unspecified atom stereocenters. The van der Waals surface area contributed by atoms with Crippen molar-refractivity contribution in [2.24, 2.45) is 0 Å². The molecule has 2 aromatic heterocycles. The van der Waals surface area contributed by atoms with Crippen LogP contribution in [-0.4, -0.2) is 14.5 Å². The lowest BCUT2D eigenvalue weighted by Gasteiger charge is -2.12. The molecule has 0 amide bonds. The fourth-order valence-corrected chi connectivity index (χ4v) is 4.04. The monoisotopic (exact) mass is 388 g/mol. The van der Waals surface area contributed by atoms with E-state index in [2.05, 4.69) is 9.97 Å². The van der Waals surface area contributed by atoms with E-state index in [0.717, 1.165) is 28.0 Å². The number of aryl methyl sites for hydroxylation is 1. The second-order valence-electron chi connectivity index (χ2n) is 6.32. The van der Waals surface area contributed by atoms with Crippen LogP contribution in [0, 0.1) is 12.7 Å². The Morgan fingerprint density at radius 3 is 2.29 bits per heavy atom. The highest BCUT2D eigenvalue weighted by molar-refractivity contribution is 7.18. The molecule has 2 heterocycles. The summed E-state index contributed by atoms with van der Waals surface area (Å²) in [5, 5.41) is -0.0158. The van der Waals surface area contributed by atoms with E-state index in [1.807, 2.05) is 60.7 Å². The lowest BCUT2D eigenvalue weighted by molar-refractivity contribution is 0.620. The summed E-state index contributed by atoms with van der Waals surface area (Å²) in [7, 11) is 0. The van der Waals surface area contributed by atoms with Crippen LogP contribution >= 0.6 is 11.3 Å². The molecule has 5 heteroatoms. The van der Waals surface area contributed by atoms with E-state index in [9.17, 15) is 0 Å². The minimum Gasteiger partial charge on any atom is -0.279 e. The predicted octanol–water partition coefficient (Wildman–Crippen LogP) is 6.26. The summed E-state index contributed by atoms with van der Waals surface area (Å²) in [4.78, 5) is 9.31. The van der Waals surface area contributed by atoms with Gasteiger partial charge in [0, 0.05) is 9.68 Å². The molecule has 136 valence electrons. The van der Waals surface area contributed by atoms with E-state index in [1.165, 1.54) is 6.07 Å². The zero-order chi connectivity index (χ0) is 21.6. The van der Waals surface area contributed by atoms with E-state index < -0.39 is 12.7 Å². The molecule has 0 fully saturated rings. The minimum absolute atomic E-state index is 0.0158. The maximum atomic E-state index is 15.1. The van der Waals surface area contributed by atoms with E-state index in [1.54, 1.807) is 16.7 Å². The Kier molecular flexibility index (Phi) is 3.30. The van der Waals surface area contributed by atoms with Crippen molar-refractivity contribution in [1.82, 2.24) is 14.5 Å². The fraction of sp³-hybridized carbons (Fsp3) is 0.0435. The smallest absolute Gasteiger partial charge is 0.190 e. The number of hydrogen-bond acceptors (Lipinski definition) is 3. The van der Waals surface area contributed by atoms with Crippen molar-refractivity contribution >= 4 is 21.8 Å². The number of rotatable bonds is 3. The summed E-state index contributed by atoms with van der Waals surface area (Å²) in [6, 6.07) is 24.0. The van der Waals surface area contributed by atoms with Crippen LogP contribution in [0.2, 0.25) is 0 Å². The Balaban J connectivity index is 1.79. The van der Waals surface area contributed by atoms with Gasteiger partial charge in [0.05, 0.1) is 10.7 Å². The molecule has 5 aromatic rings. The number of halogens is 1. The normalized spacial score (nSPS) is 13.2. The van der Waals surface area contributed by atoms with E-state index >= 15 is 4.39 Å². The number of thiazole rings is 1. The second-order valence-corrected chi connectivity index (χ2v) is 7.29. The highest BCUT2D eigenvalue weighted by atomic mass is 32.1. The molecule has 0 aliphatic heterocycles. The lowest BCUT2D eigenvalue weighted by atomic mass is 10.0. The minimum atomic E-state index is -2.35.